The summed E-state index contributed by atoms with van der Waals surface area (Å²) in [5.41, 5.74) is 0.450. The number of halogens is 2. The van der Waals surface area contributed by atoms with Gasteiger partial charge < -0.3 is 5.11 Å². The lowest BCUT2D eigenvalue weighted by Gasteiger charge is -1.97. The SMILES string of the molecule is Oc1cc(Cl)cnc1CCl. The molecule has 1 aromatic heterocycles. The van der Waals surface area contributed by atoms with Crippen molar-refractivity contribution in [2.75, 3.05) is 0 Å². The maximum absolute atomic E-state index is 9.06. The van der Waals surface area contributed by atoms with Crippen LogP contribution in [0, 0.1) is 0 Å². The Morgan fingerprint density at radius 2 is 2.30 bits per heavy atom. The molecule has 0 aliphatic rings. The Morgan fingerprint density at radius 1 is 1.60 bits per heavy atom. The topological polar surface area (TPSA) is 33.1 Å². The van der Waals surface area contributed by atoms with Gasteiger partial charge in [-0.2, -0.15) is 0 Å². The lowest BCUT2D eigenvalue weighted by molar-refractivity contribution is 0.467. The Bertz CT molecular complexity index is 239. The van der Waals surface area contributed by atoms with Gasteiger partial charge in [-0.05, 0) is 0 Å². The molecule has 0 bridgehead atoms. The number of rotatable bonds is 1. The first-order chi connectivity index (χ1) is 4.74. The molecule has 0 saturated heterocycles. The van der Waals surface area contributed by atoms with Crippen LogP contribution in [-0.4, -0.2) is 10.1 Å². The highest BCUT2D eigenvalue weighted by Crippen LogP contribution is 2.19. The van der Waals surface area contributed by atoms with E-state index in [4.69, 9.17) is 28.3 Å². The molecule has 1 rings (SSSR count). The highest BCUT2D eigenvalue weighted by atomic mass is 35.5. The molecule has 4 heteroatoms. The fraction of sp³-hybridized carbons (Fsp3) is 0.167. The van der Waals surface area contributed by atoms with Crippen LogP contribution in [0.1, 0.15) is 5.69 Å². The number of alkyl halides is 1. The average Bonchev–Trinajstić information content (AvgIpc) is 1.88. The number of hydrogen-bond donors (Lipinski definition) is 1. The van der Waals surface area contributed by atoms with E-state index in [0.29, 0.717) is 10.7 Å². The highest BCUT2D eigenvalue weighted by molar-refractivity contribution is 6.30. The summed E-state index contributed by atoms with van der Waals surface area (Å²) in [6.45, 7) is 0. The van der Waals surface area contributed by atoms with Gasteiger partial charge in [0, 0.05) is 12.3 Å². The van der Waals surface area contributed by atoms with E-state index in [9.17, 15) is 0 Å². The zero-order valence-corrected chi connectivity index (χ0v) is 6.52. The van der Waals surface area contributed by atoms with Crippen LogP contribution in [0.15, 0.2) is 12.3 Å². The molecule has 54 valence electrons. The lowest BCUT2D eigenvalue weighted by atomic mass is 10.3. The molecule has 0 atom stereocenters. The molecule has 1 N–H and O–H groups in total. The van der Waals surface area contributed by atoms with E-state index in [0.717, 1.165) is 0 Å². The van der Waals surface area contributed by atoms with Gasteiger partial charge in [0.2, 0.25) is 0 Å². The fourth-order valence-corrected chi connectivity index (χ4v) is 0.918. The largest absolute Gasteiger partial charge is 0.506 e. The van der Waals surface area contributed by atoms with Gasteiger partial charge in [-0.1, -0.05) is 11.6 Å². The van der Waals surface area contributed by atoms with Crippen LogP contribution < -0.4 is 0 Å². The third-order valence-corrected chi connectivity index (χ3v) is 1.50. The highest BCUT2D eigenvalue weighted by Gasteiger charge is 2.00. The molecule has 0 spiro atoms. The normalized spacial score (nSPS) is 9.80. The first-order valence-corrected chi connectivity index (χ1v) is 3.54. The van der Waals surface area contributed by atoms with Crippen LogP contribution >= 0.6 is 23.2 Å². The predicted octanol–water partition coefficient (Wildman–Crippen LogP) is 2.18. The monoisotopic (exact) mass is 177 g/mol. The summed E-state index contributed by atoms with van der Waals surface area (Å²) >= 11 is 10.9. The van der Waals surface area contributed by atoms with Gasteiger partial charge in [0.25, 0.3) is 0 Å². The molecule has 10 heavy (non-hydrogen) atoms. The van der Waals surface area contributed by atoms with Crippen molar-refractivity contribution in [2.24, 2.45) is 0 Å². The van der Waals surface area contributed by atoms with Gasteiger partial charge in [-0.3, -0.25) is 4.98 Å². The van der Waals surface area contributed by atoms with Gasteiger partial charge in [0.15, 0.2) is 0 Å². The first-order valence-electron chi connectivity index (χ1n) is 2.63. The summed E-state index contributed by atoms with van der Waals surface area (Å²) in [6, 6.07) is 1.41. The second kappa shape index (κ2) is 3.08. The van der Waals surface area contributed by atoms with Crippen molar-refractivity contribution >= 4 is 23.2 Å². The number of aromatic nitrogens is 1. The molecule has 0 aliphatic carbocycles. The minimum Gasteiger partial charge on any atom is -0.506 e. The Balaban J connectivity index is 3.07. The summed E-state index contributed by atoms with van der Waals surface area (Å²) < 4.78 is 0. The van der Waals surface area contributed by atoms with Crippen LogP contribution in [0.25, 0.3) is 0 Å². The molecule has 1 heterocycles. The van der Waals surface area contributed by atoms with Crippen molar-refractivity contribution in [2.45, 2.75) is 5.88 Å². The van der Waals surface area contributed by atoms with E-state index in [1.807, 2.05) is 0 Å². The van der Waals surface area contributed by atoms with Crippen molar-refractivity contribution in [3.63, 3.8) is 0 Å². The van der Waals surface area contributed by atoms with Crippen molar-refractivity contribution in [3.05, 3.63) is 23.0 Å². The molecular weight excluding hydrogens is 173 g/mol. The van der Waals surface area contributed by atoms with E-state index in [1.54, 1.807) is 0 Å². The van der Waals surface area contributed by atoms with E-state index in [2.05, 4.69) is 4.98 Å². The van der Waals surface area contributed by atoms with Gasteiger partial charge in [-0.25, -0.2) is 0 Å². The zero-order chi connectivity index (χ0) is 7.56. The predicted molar refractivity (Wildman–Crippen MR) is 40.5 cm³/mol. The fourth-order valence-electron chi connectivity index (χ4n) is 0.560. The van der Waals surface area contributed by atoms with Gasteiger partial charge >= 0.3 is 0 Å². The molecule has 0 unspecified atom stereocenters. The van der Waals surface area contributed by atoms with Gasteiger partial charge in [0.05, 0.1) is 16.6 Å². The van der Waals surface area contributed by atoms with Crippen LogP contribution in [0.4, 0.5) is 0 Å². The number of aromatic hydroxyl groups is 1. The Kier molecular flexibility index (Phi) is 2.35. The molecule has 0 fully saturated rings. The van der Waals surface area contributed by atoms with Crippen molar-refractivity contribution in [1.29, 1.82) is 0 Å². The molecule has 1 aromatic rings. The Labute approximate surface area is 68.4 Å². The summed E-state index contributed by atoms with van der Waals surface area (Å²) in [6.07, 6.45) is 1.44. The maximum atomic E-state index is 9.06. The Hall–Kier alpha value is -0.470. The maximum Gasteiger partial charge on any atom is 0.139 e. The summed E-state index contributed by atoms with van der Waals surface area (Å²) in [5.74, 6) is 0.241. The van der Waals surface area contributed by atoms with Crippen molar-refractivity contribution in [1.82, 2.24) is 4.98 Å². The van der Waals surface area contributed by atoms with Crippen LogP contribution in [0.5, 0.6) is 5.75 Å². The van der Waals surface area contributed by atoms with Gasteiger partial charge in [-0.15, -0.1) is 11.6 Å². The Morgan fingerprint density at radius 3 is 2.80 bits per heavy atom. The molecule has 0 saturated carbocycles. The van der Waals surface area contributed by atoms with E-state index in [1.165, 1.54) is 12.3 Å². The third kappa shape index (κ3) is 1.52. The summed E-state index contributed by atoms with van der Waals surface area (Å²) in [4.78, 5) is 3.78. The molecule has 0 radical (unpaired) electrons. The first kappa shape index (κ1) is 7.63. The van der Waals surface area contributed by atoms with Crippen LogP contribution in [0.2, 0.25) is 5.02 Å². The quantitative estimate of drug-likeness (QED) is 0.668. The second-order valence-corrected chi connectivity index (χ2v) is 2.46. The number of hydrogen-bond acceptors (Lipinski definition) is 2. The van der Waals surface area contributed by atoms with Crippen LogP contribution in [0.3, 0.4) is 0 Å². The number of pyridine rings is 1. The average molecular weight is 178 g/mol. The smallest absolute Gasteiger partial charge is 0.139 e. The molecule has 0 amide bonds. The molecule has 2 nitrogen and oxygen atoms in total. The summed E-state index contributed by atoms with van der Waals surface area (Å²) in [5, 5.41) is 9.47. The van der Waals surface area contributed by atoms with E-state index in [-0.39, 0.29) is 11.6 Å². The standard InChI is InChI=1S/C6H5Cl2NO/c7-2-5-6(10)1-4(8)3-9-5/h1,3,10H,2H2. The van der Waals surface area contributed by atoms with Crippen molar-refractivity contribution in [3.8, 4) is 5.75 Å². The van der Waals surface area contributed by atoms with E-state index >= 15 is 0 Å². The van der Waals surface area contributed by atoms with Crippen molar-refractivity contribution < 1.29 is 5.11 Å². The van der Waals surface area contributed by atoms with Gasteiger partial charge in [0.1, 0.15) is 5.75 Å². The summed E-state index contributed by atoms with van der Waals surface area (Å²) in [7, 11) is 0. The minimum atomic E-state index is 0.0440. The van der Waals surface area contributed by atoms with E-state index < -0.39 is 0 Å². The second-order valence-electron chi connectivity index (χ2n) is 1.75. The third-order valence-electron chi connectivity index (χ3n) is 1.04. The lowest BCUT2D eigenvalue weighted by Crippen LogP contribution is -1.84. The zero-order valence-electron chi connectivity index (χ0n) is 5.01. The number of nitrogens with zero attached hydrogens (tertiary/aromatic N) is 1. The minimum absolute atomic E-state index is 0.0440. The van der Waals surface area contributed by atoms with Crippen LogP contribution in [-0.2, 0) is 5.88 Å². The molecular formula is C6H5Cl2NO. The molecule has 0 aromatic carbocycles. The molecule has 0 aliphatic heterocycles.